The number of nitrogens with two attached hydrogens (primary N) is 1. The van der Waals surface area contributed by atoms with Crippen molar-refractivity contribution in [2.75, 3.05) is 6.61 Å². The number of rotatable bonds is 4. The molecule has 0 aromatic carbocycles. The maximum atomic E-state index is 8.53. The first-order chi connectivity index (χ1) is 4.22. The maximum absolute atomic E-state index is 8.53. The van der Waals surface area contributed by atoms with Crippen LogP contribution in [-0.2, 0) is 0 Å². The lowest BCUT2D eigenvalue weighted by atomic mass is 9.98. The van der Waals surface area contributed by atoms with Crippen molar-refractivity contribution < 1.29 is 5.11 Å². The van der Waals surface area contributed by atoms with Crippen LogP contribution in [0.1, 0.15) is 26.7 Å². The van der Waals surface area contributed by atoms with Gasteiger partial charge in [0.2, 0.25) is 0 Å². The van der Waals surface area contributed by atoms with Crippen LogP contribution in [0.3, 0.4) is 0 Å². The third-order valence-electron chi connectivity index (χ3n) is 1.79. The Hall–Kier alpha value is -0.0800. The molecule has 2 unspecified atom stereocenters. The lowest BCUT2D eigenvalue weighted by Crippen LogP contribution is -2.27. The molecule has 0 radical (unpaired) electrons. The van der Waals surface area contributed by atoms with Gasteiger partial charge in [-0.1, -0.05) is 13.8 Å². The van der Waals surface area contributed by atoms with Crippen molar-refractivity contribution in [3.05, 3.63) is 0 Å². The molecule has 2 atom stereocenters. The molecule has 2 nitrogen and oxygen atoms in total. The second-order valence-electron chi connectivity index (χ2n) is 2.56. The van der Waals surface area contributed by atoms with E-state index in [1.54, 1.807) is 0 Å². The first-order valence-electron chi connectivity index (χ1n) is 3.58. The molecule has 0 amide bonds. The van der Waals surface area contributed by atoms with Crippen LogP contribution in [0.15, 0.2) is 0 Å². The molecule has 56 valence electrons. The van der Waals surface area contributed by atoms with E-state index >= 15 is 0 Å². The summed E-state index contributed by atoms with van der Waals surface area (Å²) < 4.78 is 0. The Morgan fingerprint density at radius 1 is 1.56 bits per heavy atom. The molecule has 9 heavy (non-hydrogen) atoms. The fourth-order valence-electron chi connectivity index (χ4n) is 0.820. The molecule has 0 heterocycles. The Balaban J connectivity index is 3.32. The Morgan fingerprint density at radius 2 is 2.11 bits per heavy atom. The minimum atomic E-state index is 0.259. The summed E-state index contributed by atoms with van der Waals surface area (Å²) in [5.41, 5.74) is 5.69. The van der Waals surface area contributed by atoms with Gasteiger partial charge in [0, 0.05) is 12.6 Å². The van der Waals surface area contributed by atoms with E-state index in [1.807, 2.05) is 0 Å². The predicted molar refractivity (Wildman–Crippen MR) is 39.1 cm³/mol. The highest BCUT2D eigenvalue weighted by molar-refractivity contribution is 4.66. The summed E-state index contributed by atoms with van der Waals surface area (Å²) in [5.74, 6) is 0.458. The van der Waals surface area contributed by atoms with Crippen LogP contribution in [0.5, 0.6) is 0 Å². The fourth-order valence-corrected chi connectivity index (χ4v) is 0.820. The van der Waals surface area contributed by atoms with Gasteiger partial charge in [-0.05, 0) is 18.8 Å². The smallest absolute Gasteiger partial charge is 0.0434 e. The number of aliphatic hydroxyl groups is 1. The van der Waals surface area contributed by atoms with E-state index in [-0.39, 0.29) is 12.6 Å². The first kappa shape index (κ1) is 8.92. The van der Waals surface area contributed by atoms with Crippen molar-refractivity contribution in [3.63, 3.8) is 0 Å². The van der Waals surface area contributed by atoms with Crippen molar-refractivity contribution in [1.29, 1.82) is 0 Å². The lowest BCUT2D eigenvalue weighted by molar-refractivity contribution is 0.248. The van der Waals surface area contributed by atoms with E-state index in [2.05, 4.69) is 13.8 Å². The van der Waals surface area contributed by atoms with Crippen molar-refractivity contribution in [2.45, 2.75) is 32.7 Å². The molecule has 0 rings (SSSR count). The first-order valence-corrected chi connectivity index (χ1v) is 3.58. The summed E-state index contributed by atoms with van der Waals surface area (Å²) in [4.78, 5) is 0. The zero-order chi connectivity index (χ0) is 7.28. The van der Waals surface area contributed by atoms with Crippen LogP contribution < -0.4 is 5.73 Å². The lowest BCUT2D eigenvalue weighted by Gasteiger charge is -2.16. The summed E-state index contributed by atoms with van der Waals surface area (Å²) >= 11 is 0. The second kappa shape index (κ2) is 4.77. The molecule has 0 aliphatic carbocycles. The van der Waals surface area contributed by atoms with Gasteiger partial charge in [-0.2, -0.15) is 0 Å². The van der Waals surface area contributed by atoms with Gasteiger partial charge in [-0.3, -0.25) is 0 Å². The average Bonchev–Trinajstić information content (AvgIpc) is 1.87. The molecule has 3 N–H and O–H groups in total. The van der Waals surface area contributed by atoms with Crippen LogP contribution in [0, 0.1) is 5.92 Å². The second-order valence-corrected chi connectivity index (χ2v) is 2.56. The van der Waals surface area contributed by atoms with Crippen molar-refractivity contribution in [3.8, 4) is 0 Å². The zero-order valence-electron chi connectivity index (χ0n) is 6.30. The van der Waals surface area contributed by atoms with Crippen LogP contribution >= 0.6 is 0 Å². The molecule has 0 aliphatic rings. The van der Waals surface area contributed by atoms with E-state index in [9.17, 15) is 0 Å². The fraction of sp³-hybridized carbons (Fsp3) is 1.00. The Bertz CT molecular complexity index is 65.9. The largest absolute Gasteiger partial charge is 0.396 e. The van der Waals surface area contributed by atoms with Gasteiger partial charge >= 0.3 is 0 Å². The van der Waals surface area contributed by atoms with Crippen molar-refractivity contribution in [2.24, 2.45) is 11.7 Å². The summed E-state index contributed by atoms with van der Waals surface area (Å²) in [7, 11) is 0. The summed E-state index contributed by atoms with van der Waals surface area (Å²) in [5, 5.41) is 8.53. The number of hydrogen-bond acceptors (Lipinski definition) is 2. The van der Waals surface area contributed by atoms with Gasteiger partial charge in [0.25, 0.3) is 0 Å². The van der Waals surface area contributed by atoms with Gasteiger partial charge in [0.05, 0.1) is 0 Å². The Kier molecular flexibility index (Phi) is 4.72. The Labute approximate surface area is 57.1 Å². The molecule has 0 spiro atoms. The van der Waals surface area contributed by atoms with Crippen LogP contribution in [0.4, 0.5) is 0 Å². The van der Waals surface area contributed by atoms with E-state index in [0.29, 0.717) is 5.92 Å². The highest BCUT2D eigenvalue weighted by atomic mass is 16.3. The van der Waals surface area contributed by atoms with E-state index in [0.717, 1.165) is 12.8 Å². The molecular weight excluding hydrogens is 114 g/mol. The predicted octanol–water partition coefficient (Wildman–Crippen LogP) is 0.742. The number of hydrogen-bond donors (Lipinski definition) is 2. The third-order valence-corrected chi connectivity index (χ3v) is 1.79. The van der Waals surface area contributed by atoms with Gasteiger partial charge in [-0.25, -0.2) is 0 Å². The maximum Gasteiger partial charge on any atom is 0.0434 e. The molecule has 0 saturated carbocycles. The SMILES string of the molecule is CCC(N)C(C)CCO. The van der Waals surface area contributed by atoms with Crippen LogP contribution in [0.2, 0.25) is 0 Å². The molecular formula is C7H17NO. The standard InChI is InChI=1S/C7H17NO/c1-3-7(8)6(2)4-5-9/h6-7,9H,3-5,8H2,1-2H3. The third kappa shape index (κ3) is 3.49. The minimum absolute atomic E-state index is 0.259. The quantitative estimate of drug-likeness (QED) is 0.591. The molecule has 2 heteroatoms. The van der Waals surface area contributed by atoms with Crippen molar-refractivity contribution in [1.82, 2.24) is 0 Å². The highest BCUT2D eigenvalue weighted by Gasteiger charge is 2.08. The Morgan fingerprint density at radius 3 is 2.44 bits per heavy atom. The molecule has 0 bridgehead atoms. The van der Waals surface area contributed by atoms with E-state index in [4.69, 9.17) is 10.8 Å². The summed E-state index contributed by atoms with van der Waals surface area (Å²) in [6.45, 7) is 4.40. The van der Waals surface area contributed by atoms with Crippen molar-refractivity contribution >= 4 is 0 Å². The van der Waals surface area contributed by atoms with Gasteiger partial charge < -0.3 is 10.8 Å². The monoisotopic (exact) mass is 131 g/mol. The molecule has 0 fully saturated rings. The highest BCUT2D eigenvalue weighted by Crippen LogP contribution is 2.07. The molecule has 0 aromatic heterocycles. The minimum Gasteiger partial charge on any atom is -0.396 e. The van der Waals surface area contributed by atoms with E-state index < -0.39 is 0 Å². The topological polar surface area (TPSA) is 46.2 Å². The van der Waals surface area contributed by atoms with Crippen LogP contribution in [-0.4, -0.2) is 17.8 Å². The molecule has 0 saturated heterocycles. The zero-order valence-corrected chi connectivity index (χ0v) is 6.30. The summed E-state index contributed by atoms with van der Waals surface area (Å²) in [6, 6.07) is 0.261. The summed E-state index contributed by atoms with van der Waals surface area (Å²) in [6.07, 6.45) is 1.83. The van der Waals surface area contributed by atoms with Gasteiger partial charge in [0.15, 0.2) is 0 Å². The molecule has 0 aromatic rings. The normalized spacial score (nSPS) is 17.3. The number of aliphatic hydroxyl groups excluding tert-OH is 1. The average molecular weight is 131 g/mol. The molecule has 0 aliphatic heterocycles. The van der Waals surface area contributed by atoms with Gasteiger partial charge in [-0.15, -0.1) is 0 Å². The van der Waals surface area contributed by atoms with Crippen LogP contribution in [0.25, 0.3) is 0 Å². The van der Waals surface area contributed by atoms with E-state index in [1.165, 1.54) is 0 Å². The van der Waals surface area contributed by atoms with Gasteiger partial charge in [0.1, 0.15) is 0 Å².